The number of hydrogen-bond donors (Lipinski definition) is 2. The van der Waals surface area contributed by atoms with Gasteiger partial charge in [-0.05, 0) is 35.2 Å². The zero-order valence-corrected chi connectivity index (χ0v) is 8.50. The van der Waals surface area contributed by atoms with Crippen molar-refractivity contribution in [1.82, 2.24) is 10.2 Å². The Hall–Kier alpha value is -1.13. The number of aromatic nitrogens is 2. The maximum absolute atomic E-state index is 9.75. The molecule has 2 aromatic rings. The van der Waals surface area contributed by atoms with Gasteiger partial charge in [-0.25, -0.2) is 0 Å². The normalized spacial score (nSPS) is 12.9. The van der Waals surface area contributed by atoms with Crippen LogP contribution >= 0.6 is 11.3 Å². The molecule has 0 aliphatic heterocycles. The van der Waals surface area contributed by atoms with Crippen LogP contribution in [0.4, 0.5) is 0 Å². The molecule has 0 aliphatic rings. The van der Waals surface area contributed by atoms with E-state index in [0.29, 0.717) is 0 Å². The summed E-state index contributed by atoms with van der Waals surface area (Å²) in [5, 5.41) is 20.4. The molecule has 0 saturated heterocycles. The summed E-state index contributed by atoms with van der Waals surface area (Å²) in [5.41, 5.74) is 2.15. The van der Waals surface area contributed by atoms with Crippen molar-refractivity contribution in [2.45, 2.75) is 18.9 Å². The summed E-state index contributed by atoms with van der Waals surface area (Å²) >= 11 is 1.69. The molecule has 0 amide bonds. The number of hydrogen-bond acceptors (Lipinski definition) is 3. The van der Waals surface area contributed by atoms with Crippen molar-refractivity contribution >= 4 is 11.3 Å². The summed E-state index contributed by atoms with van der Waals surface area (Å²) in [7, 11) is 0. The van der Waals surface area contributed by atoms with E-state index in [1.54, 1.807) is 23.7 Å². The van der Waals surface area contributed by atoms with Gasteiger partial charge in [0.05, 0.1) is 12.3 Å². The first kappa shape index (κ1) is 9.43. The van der Waals surface area contributed by atoms with Crippen LogP contribution in [0.25, 0.3) is 0 Å². The van der Waals surface area contributed by atoms with E-state index in [9.17, 15) is 5.11 Å². The van der Waals surface area contributed by atoms with Gasteiger partial charge in [0.2, 0.25) is 0 Å². The molecular formula is C10H12N2OS. The van der Waals surface area contributed by atoms with Gasteiger partial charge in [0.25, 0.3) is 0 Å². The molecule has 74 valence electrons. The second-order valence-electron chi connectivity index (χ2n) is 3.22. The highest BCUT2D eigenvalue weighted by molar-refractivity contribution is 7.07. The first-order valence-corrected chi connectivity index (χ1v) is 5.48. The third kappa shape index (κ3) is 2.21. The molecule has 2 rings (SSSR count). The van der Waals surface area contributed by atoms with Crippen LogP contribution in [0.5, 0.6) is 0 Å². The first-order valence-electron chi connectivity index (χ1n) is 4.54. The molecule has 14 heavy (non-hydrogen) atoms. The lowest BCUT2D eigenvalue weighted by Crippen LogP contribution is -1.97. The predicted molar refractivity (Wildman–Crippen MR) is 56.2 cm³/mol. The lowest BCUT2D eigenvalue weighted by molar-refractivity contribution is 0.168. The van der Waals surface area contributed by atoms with Gasteiger partial charge in [-0.15, -0.1) is 0 Å². The topological polar surface area (TPSA) is 48.9 Å². The summed E-state index contributed by atoms with van der Waals surface area (Å²) in [4.78, 5) is 0. The van der Waals surface area contributed by atoms with Crippen LogP contribution in [0.1, 0.15) is 23.7 Å². The lowest BCUT2D eigenvalue weighted by atomic mass is 10.1. The Morgan fingerprint density at radius 3 is 3.14 bits per heavy atom. The van der Waals surface area contributed by atoms with Gasteiger partial charge in [0.1, 0.15) is 0 Å². The lowest BCUT2D eigenvalue weighted by Gasteiger charge is -2.06. The van der Waals surface area contributed by atoms with Gasteiger partial charge >= 0.3 is 0 Å². The van der Waals surface area contributed by atoms with E-state index < -0.39 is 6.10 Å². The Morgan fingerprint density at radius 2 is 2.50 bits per heavy atom. The van der Waals surface area contributed by atoms with Gasteiger partial charge < -0.3 is 5.11 Å². The molecule has 0 saturated carbocycles. The average Bonchev–Trinajstić information content (AvgIpc) is 2.87. The smallest absolute Gasteiger partial charge is 0.0823 e. The summed E-state index contributed by atoms with van der Waals surface area (Å²) in [6, 6.07) is 2.09. The number of aryl methyl sites for hydroxylation is 1. The van der Waals surface area contributed by atoms with Gasteiger partial charge in [-0.3, -0.25) is 5.10 Å². The van der Waals surface area contributed by atoms with Crippen molar-refractivity contribution in [2.24, 2.45) is 0 Å². The zero-order chi connectivity index (χ0) is 9.80. The molecular weight excluding hydrogens is 196 g/mol. The van der Waals surface area contributed by atoms with Gasteiger partial charge in [0.15, 0.2) is 0 Å². The van der Waals surface area contributed by atoms with Crippen LogP contribution in [0, 0.1) is 0 Å². The predicted octanol–water partition coefficient (Wildman–Crippen LogP) is 2.14. The van der Waals surface area contributed by atoms with E-state index in [1.165, 1.54) is 5.56 Å². The fraction of sp³-hybridized carbons (Fsp3) is 0.300. The van der Waals surface area contributed by atoms with Crippen LogP contribution < -0.4 is 0 Å². The van der Waals surface area contributed by atoms with Gasteiger partial charge in [0, 0.05) is 11.8 Å². The number of aliphatic hydroxyl groups is 1. The minimum atomic E-state index is -0.409. The van der Waals surface area contributed by atoms with Crippen LogP contribution in [0.2, 0.25) is 0 Å². The van der Waals surface area contributed by atoms with Crippen LogP contribution in [0.15, 0.2) is 29.2 Å². The van der Waals surface area contributed by atoms with Crippen molar-refractivity contribution in [3.05, 3.63) is 40.3 Å². The third-order valence-corrected chi connectivity index (χ3v) is 2.92. The maximum Gasteiger partial charge on any atom is 0.0823 e. The van der Waals surface area contributed by atoms with Gasteiger partial charge in [-0.2, -0.15) is 16.4 Å². The molecule has 4 heteroatoms. The number of thiophene rings is 1. The van der Waals surface area contributed by atoms with E-state index in [1.807, 2.05) is 0 Å². The molecule has 2 heterocycles. The highest BCUT2D eigenvalue weighted by Gasteiger charge is 2.08. The number of H-pyrrole nitrogens is 1. The van der Waals surface area contributed by atoms with E-state index in [0.717, 1.165) is 18.4 Å². The monoisotopic (exact) mass is 208 g/mol. The van der Waals surface area contributed by atoms with Crippen molar-refractivity contribution in [1.29, 1.82) is 0 Å². The van der Waals surface area contributed by atoms with E-state index in [2.05, 4.69) is 27.0 Å². The van der Waals surface area contributed by atoms with E-state index in [4.69, 9.17) is 0 Å². The number of aliphatic hydroxyl groups excluding tert-OH is 1. The standard InChI is InChI=1S/C10H12N2OS/c13-10(9-5-11-12-6-9)2-1-8-3-4-14-7-8/h3-7,10,13H,1-2H2,(H,11,12). The Labute approximate surface area is 86.4 Å². The molecule has 0 spiro atoms. The fourth-order valence-electron chi connectivity index (χ4n) is 1.35. The third-order valence-electron chi connectivity index (χ3n) is 2.19. The highest BCUT2D eigenvalue weighted by atomic mass is 32.1. The fourth-order valence-corrected chi connectivity index (χ4v) is 2.05. The quantitative estimate of drug-likeness (QED) is 0.808. The van der Waals surface area contributed by atoms with E-state index >= 15 is 0 Å². The first-order chi connectivity index (χ1) is 6.86. The summed E-state index contributed by atoms with van der Waals surface area (Å²) in [5.74, 6) is 0. The molecule has 1 atom stereocenters. The van der Waals surface area contributed by atoms with Crippen molar-refractivity contribution < 1.29 is 5.11 Å². The second-order valence-corrected chi connectivity index (χ2v) is 4.00. The average molecular weight is 208 g/mol. The summed E-state index contributed by atoms with van der Waals surface area (Å²) < 4.78 is 0. The molecule has 0 aliphatic carbocycles. The molecule has 2 N–H and O–H groups in total. The molecule has 0 radical (unpaired) electrons. The highest BCUT2D eigenvalue weighted by Crippen LogP contribution is 2.18. The van der Waals surface area contributed by atoms with Crippen molar-refractivity contribution in [2.75, 3.05) is 0 Å². The minimum Gasteiger partial charge on any atom is -0.388 e. The van der Waals surface area contributed by atoms with Gasteiger partial charge in [-0.1, -0.05) is 0 Å². The Balaban J connectivity index is 1.87. The molecule has 0 fully saturated rings. The Morgan fingerprint density at radius 1 is 1.57 bits per heavy atom. The molecule has 1 unspecified atom stereocenters. The maximum atomic E-state index is 9.75. The molecule has 0 aromatic carbocycles. The molecule has 0 bridgehead atoms. The number of rotatable bonds is 4. The van der Waals surface area contributed by atoms with Crippen LogP contribution in [0.3, 0.4) is 0 Å². The Kier molecular flexibility index (Phi) is 2.96. The largest absolute Gasteiger partial charge is 0.388 e. The van der Waals surface area contributed by atoms with Crippen molar-refractivity contribution in [3.63, 3.8) is 0 Å². The van der Waals surface area contributed by atoms with Crippen LogP contribution in [-0.4, -0.2) is 15.3 Å². The Bertz CT molecular complexity index is 355. The number of aromatic amines is 1. The SMILES string of the molecule is OC(CCc1ccsc1)c1cn[nH]c1. The van der Waals surface area contributed by atoms with Crippen molar-refractivity contribution in [3.8, 4) is 0 Å². The number of nitrogens with one attached hydrogen (secondary N) is 1. The number of nitrogens with zero attached hydrogens (tertiary/aromatic N) is 1. The molecule has 2 aromatic heterocycles. The minimum absolute atomic E-state index is 0.409. The van der Waals surface area contributed by atoms with E-state index in [-0.39, 0.29) is 0 Å². The van der Waals surface area contributed by atoms with Crippen LogP contribution in [-0.2, 0) is 6.42 Å². The summed E-state index contributed by atoms with van der Waals surface area (Å²) in [6.07, 6.45) is 4.65. The summed E-state index contributed by atoms with van der Waals surface area (Å²) in [6.45, 7) is 0. The molecule has 3 nitrogen and oxygen atoms in total. The second kappa shape index (κ2) is 4.39. The zero-order valence-electron chi connectivity index (χ0n) is 7.68.